The summed E-state index contributed by atoms with van der Waals surface area (Å²) in [6.07, 6.45) is 3.70. The Morgan fingerprint density at radius 3 is 2.61 bits per heavy atom. The summed E-state index contributed by atoms with van der Waals surface area (Å²) >= 11 is 5.89. The molecule has 1 atom stereocenters. The lowest BCUT2D eigenvalue weighted by atomic mass is 10.0. The zero-order chi connectivity index (χ0) is 12.4. The number of halogens is 1. The molecule has 1 N–H and O–H groups in total. The van der Waals surface area contributed by atoms with Crippen molar-refractivity contribution in [2.75, 3.05) is 6.54 Å². The third kappa shape index (κ3) is 2.45. The lowest BCUT2D eigenvalue weighted by Crippen LogP contribution is -2.26. The zero-order valence-corrected chi connectivity index (χ0v) is 10.9. The second-order valence-corrected chi connectivity index (χ2v) is 5.15. The Hall–Kier alpha value is -1.25. The predicted octanol–water partition coefficient (Wildman–Crippen LogP) is 4.41. The molecule has 1 aliphatic rings. The van der Waals surface area contributed by atoms with Gasteiger partial charge in [0.25, 0.3) is 0 Å². The van der Waals surface area contributed by atoms with E-state index in [4.69, 9.17) is 16.0 Å². The molecule has 3 rings (SSSR count). The molecule has 0 aliphatic carbocycles. The van der Waals surface area contributed by atoms with Crippen LogP contribution >= 0.6 is 11.6 Å². The molecule has 0 bridgehead atoms. The Bertz CT molecular complexity index is 512. The molecule has 0 spiro atoms. The Balaban J connectivity index is 1.82. The van der Waals surface area contributed by atoms with Gasteiger partial charge in [0.05, 0.1) is 6.04 Å². The van der Waals surface area contributed by atoms with E-state index >= 15 is 0 Å². The van der Waals surface area contributed by atoms with Crippen molar-refractivity contribution in [2.45, 2.75) is 25.3 Å². The molecule has 0 unspecified atom stereocenters. The molecule has 94 valence electrons. The fourth-order valence-corrected chi connectivity index (χ4v) is 2.53. The molecule has 1 saturated heterocycles. The molecule has 1 aromatic heterocycles. The van der Waals surface area contributed by atoms with E-state index in [0.717, 1.165) is 35.1 Å². The van der Waals surface area contributed by atoms with E-state index in [1.165, 1.54) is 12.8 Å². The van der Waals surface area contributed by atoms with Crippen LogP contribution in [-0.2, 0) is 0 Å². The van der Waals surface area contributed by atoms with Crippen molar-refractivity contribution in [3.05, 3.63) is 47.2 Å². The number of rotatable bonds is 2. The third-order valence-electron chi connectivity index (χ3n) is 3.41. The van der Waals surface area contributed by atoms with Gasteiger partial charge in [0.1, 0.15) is 11.5 Å². The maximum atomic E-state index is 5.94. The number of furan rings is 1. The molecular weight excluding hydrogens is 246 g/mol. The normalized spacial score (nSPS) is 19.9. The highest BCUT2D eigenvalue weighted by Crippen LogP contribution is 2.29. The summed E-state index contributed by atoms with van der Waals surface area (Å²) in [7, 11) is 0. The quantitative estimate of drug-likeness (QED) is 0.866. The van der Waals surface area contributed by atoms with Crippen LogP contribution in [0.4, 0.5) is 0 Å². The summed E-state index contributed by atoms with van der Waals surface area (Å²) in [4.78, 5) is 0. The second kappa shape index (κ2) is 5.17. The highest BCUT2D eigenvalue weighted by atomic mass is 35.5. The Morgan fingerprint density at radius 1 is 1.06 bits per heavy atom. The minimum Gasteiger partial charge on any atom is -0.459 e. The summed E-state index contributed by atoms with van der Waals surface area (Å²) in [5.74, 6) is 1.95. The molecule has 0 saturated carbocycles. The number of hydrogen-bond acceptors (Lipinski definition) is 2. The van der Waals surface area contributed by atoms with E-state index < -0.39 is 0 Å². The minimum absolute atomic E-state index is 0.375. The van der Waals surface area contributed by atoms with Crippen LogP contribution in [0.2, 0.25) is 5.02 Å². The van der Waals surface area contributed by atoms with Gasteiger partial charge >= 0.3 is 0 Å². The van der Waals surface area contributed by atoms with Crippen LogP contribution in [0.1, 0.15) is 31.1 Å². The van der Waals surface area contributed by atoms with E-state index in [-0.39, 0.29) is 0 Å². The predicted molar refractivity (Wildman–Crippen MR) is 73.7 cm³/mol. The first-order chi connectivity index (χ1) is 8.83. The van der Waals surface area contributed by atoms with Gasteiger partial charge in [0.15, 0.2) is 0 Å². The van der Waals surface area contributed by atoms with Gasteiger partial charge in [-0.2, -0.15) is 0 Å². The Labute approximate surface area is 112 Å². The highest BCUT2D eigenvalue weighted by molar-refractivity contribution is 6.30. The van der Waals surface area contributed by atoms with Crippen LogP contribution in [0.15, 0.2) is 40.8 Å². The molecular formula is C15H16ClNO. The maximum Gasteiger partial charge on any atom is 0.134 e. The molecule has 0 radical (unpaired) electrons. The highest BCUT2D eigenvalue weighted by Gasteiger charge is 2.18. The molecule has 2 heterocycles. The van der Waals surface area contributed by atoms with Crippen molar-refractivity contribution in [1.29, 1.82) is 0 Å². The van der Waals surface area contributed by atoms with Gasteiger partial charge in [-0.25, -0.2) is 0 Å². The van der Waals surface area contributed by atoms with E-state index in [0.29, 0.717) is 6.04 Å². The Kier molecular flexibility index (Phi) is 3.39. The monoisotopic (exact) mass is 261 g/mol. The topological polar surface area (TPSA) is 25.2 Å². The van der Waals surface area contributed by atoms with E-state index in [2.05, 4.69) is 11.4 Å². The van der Waals surface area contributed by atoms with Gasteiger partial charge in [-0.3, -0.25) is 0 Å². The number of piperidine rings is 1. The van der Waals surface area contributed by atoms with Gasteiger partial charge in [0, 0.05) is 10.6 Å². The molecule has 1 aromatic carbocycles. The summed E-state index contributed by atoms with van der Waals surface area (Å²) in [6.45, 7) is 1.08. The summed E-state index contributed by atoms with van der Waals surface area (Å²) in [6, 6.07) is 12.2. The van der Waals surface area contributed by atoms with Crippen LogP contribution in [0.3, 0.4) is 0 Å². The molecule has 2 nitrogen and oxygen atoms in total. The lowest BCUT2D eigenvalue weighted by Gasteiger charge is -2.21. The van der Waals surface area contributed by atoms with Crippen molar-refractivity contribution >= 4 is 11.6 Å². The summed E-state index contributed by atoms with van der Waals surface area (Å²) in [5, 5.41) is 4.24. The molecule has 3 heteroatoms. The number of benzene rings is 1. The summed E-state index contributed by atoms with van der Waals surface area (Å²) in [5.41, 5.74) is 1.07. The zero-order valence-electron chi connectivity index (χ0n) is 10.2. The first kappa shape index (κ1) is 11.8. The van der Waals surface area contributed by atoms with E-state index in [9.17, 15) is 0 Å². The van der Waals surface area contributed by atoms with Crippen LogP contribution in [0, 0.1) is 0 Å². The van der Waals surface area contributed by atoms with E-state index in [1.807, 2.05) is 30.3 Å². The average Bonchev–Trinajstić information content (AvgIpc) is 2.90. The molecule has 0 amide bonds. The molecule has 18 heavy (non-hydrogen) atoms. The summed E-state index contributed by atoms with van der Waals surface area (Å²) < 4.78 is 5.94. The van der Waals surface area contributed by atoms with Crippen molar-refractivity contribution < 1.29 is 4.42 Å². The smallest absolute Gasteiger partial charge is 0.134 e. The molecule has 1 fully saturated rings. The Morgan fingerprint density at radius 2 is 1.89 bits per heavy atom. The van der Waals surface area contributed by atoms with Crippen molar-refractivity contribution in [3.8, 4) is 11.3 Å². The van der Waals surface area contributed by atoms with Gasteiger partial charge in [0.2, 0.25) is 0 Å². The fourth-order valence-electron chi connectivity index (χ4n) is 2.40. The third-order valence-corrected chi connectivity index (χ3v) is 3.66. The van der Waals surface area contributed by atoms with Gasteiger partial charge in [-0.1, -0.05) is 18.0 Å². The van der Waals surface area contributed by atoms with Crippen molar-refractivity contribution in [3.63, 3.8) is 0 Å². The van der Waals surface area contributed by atoms with Crippen LogP contribution in [0.25, 0.3) is 11.3 Å². The van der Waals surface area contributed by atoms with Gasteiger partial charge in [-0.15, -0.1) is 0 Å². The van der Waals surface area contributed by atoms with Crippen molar-refractivity contribution in [1.82, 2.24) is 5.32 Å². The largest absolute Gasteiger partial charge is 0.459 e. The number of hydrogen-bond donors (Lipinski definition) is 1. The van der Waals surface area contributed by atoms with Gasteiger partial charge < -0.3 is 9.73 Å². The first-order valence-electron chi connectivity index (χ1n) is 6.42. The van der Waals surface area contributed by atoms with Gasteiger partial charge in [-0.05, 0) is 55.8 Å². The number of nitrogens with one attached hydrogen (secondary N) is 1. The average molecular weight is 262 g/mol. The SMILES string of the molecule is Clc1ccc(-c2ccc([C@@H]3CCCCN3)o2)cc1. The van der Waals surface area contributed by atoms with E-state index in [1.54, 1.807) is 0 Å². The molecule has 1 aliphatic heterocycles. The standard InChI is InChI=1S/C15H16ClNO/c16-12-6-4-11(5-7-12)14-8-9-15(18-14)13-3-1-2-10-17-13/h4-9,13,17H,1-3,10H2/t13-/m0/s1. The van der Waals surface area contributed by atoms with Crippen LogP contribution < -0.4 is 5.32 Å². The van der Waals surface area contributed by atoms with Crippen LogP contribution in [-0.4, -0.2) is 6.54 Å². The minimum atomic E-state index is 0.375. The van der Waals surface area contributed by atoms with Crippen LogP contribution in [0.5, 0.6) is 0 Å². The fraction of sp³-hybridized carbons (Fsp3) is 0.333. The van der Waals surface area contributed by atoms with Crippen molar-refractivity contribution in [2.24, 2.45) is 0 Å². The first-order valence-corrected chi connectivity index (χ1v) is 6.80. The lowest BCUT2D eigenvalue weighted by molar-refractivity contribution is 0.353. The maximum absolute atomic E-state index is 5.94. The molecule has 2 aromatic rings. The second-order valence-electron chi connectivity index (χ2n) is 4.71.